The third kappa shape index (κ3) is 10.7. The first-order chi connectivity index (χ1) is 21.5. The normalized spacial score (nSPS) is 42.6. The summed E-state index contributed by atoms with van der Waals surface area (Å²) in [6.45, 7) is 3.09. The van der Waals surface area contributed by atoms with E-state index in [-0.39, 0.29) is 19.5 Å². The number of unbranched alkanes of at least 4 members (excludes halogenated alkanes) is 9. The monoisotopic (exact) mass is 651 g/mol. The van der Waals surface area contributed by atoms with E-state index >= 15 is 0 Å². The number of rotatable bonds is 18. The zero-order chi connectivity index (χ0) is 33.1. The van der Waals surface area contributed by atoms with Gasteiger partial charge in [0.1, 0.15) is 54.9 Å². The van der Waals surface area contributed by atoms with E-state index in [4.69, 9.17) is 41.9 Å². The summed E-state index contributed by atoms with van der Waals surface area (Å²) in [4.78, 5) is 0. The molecule has 3 aliphatic rings. The molecule has 0 bridgehead atoms. The van der Waals surface area contributed by atoms with Gasteiger partial charge in [-0.1, -0.05) is 64.7 Å². The van der Waals surface area contributed by atoms with Crippen LogP contribution in [-0.4, -0.2) is 142 Å². The molecule has 3 rings (SSSR count). The lowest BCUT2D eigenvalue weighted by atomic mass is 9.84. The Morgan fingerprint density at radius 3 is 1.69 bits per heavy atom. The van der Waals surface area contributed by atoms with Gasteiger partial charge in [0.15, 0.2) is 12.6 Å². The second-order valence-electron chi connectivity index (χ2n) is 13.0. The van der Waals surface area contributed by atoms with E-state index in [0.717, 1.165) is 19.4 Å². The van der Waals surface area contributed by atoms with Crippen LogP contribution in [0.1, 0.15) is 77.6 Å². The van der Waals surface area contributed by atoms with Crippen molar-refractivity contribution in [2.75, 3.05) is 19.6 Å². The van der Waals surface area contributed by atoms with Gasteiger partial charge in [-0.15, -0.1) is 0 Å². The standard InChI is InChI=1S/C30H61N5O10/c1-2-3-4-5-6-7-8-9-10-11-12-35-15-19-21(36)20(34)23(38)29(43-19)44-27-16(32)13-17(33)28(26(27)41)45-30-25(40)24(39)22(37)18(14-31)42-30/h16-30,35-41H,2-15,31-34H2,1H3/t16-,17+,18-,19-,20+,21-,22-,23-,24+,25-,26-,27+,28-,29-,30-/m1/s1. The maximum atomic E-state index is 11.2. The van der Waals surface area contributed by atoms with Gasteiger partial charge in [0.2, 0.25) is 0 Å². The summed E-state index contributed by atoms with van der Waals surface area (Å²) < 4.78 is 23.3. The molecule has 2 heterocycles. The minimum atomic E-state index is -1.64. The molecule has 1 saturated carbocycles. The first-order valence-electron chi connectivity index (χ1n) is 16.9. The summed E-state index contributed by atoms with van der Waals surface area (Å²) in [6, 6.07) is -2.68. The first-order valence-corrected chi connectivity index (χ1v) is 16.9. The van der Waals surface area contributed by atoms with Crippen molar-refractivity contribution >= 4 is 0 Å². The summed E-state index contributed by atoms with van der Waals surface area (Å²) in [5, 5.41) is 66.7. The SMILES string of the molecule is CCCCCCCCCCCCNC[C@H]1O[C@H](O[C@@H]2[C@@H](O)[C@H](O[C@H]3O[C@H](CN)[C@@H](O)[C@H](O)[C@H]3O)[C@@H](N)C[C@H]2N)[C@H](O)[C@@H](N)[C@@H]1O. The van der Waals surface area contributed by atoms with E-state index in [1.54, 1.807) is 0 Å². The molecular weight excluding hydrogens is 590 g/mol. The Morgan fingerprint density at radius 2 is 1.13 bits per heavy atom. The van der Waals surface area contributed by atoms with E-state index < -0.39 is 91.7 Å². The number of aliphatic hydroxyl groups excluding tert-OH is 6. The molecule has 45 heavy (non-hydrogen) atoms. The van der Waals surface area contributed by atoms with Crippen molar-refractivity contribution in [3.05, 3.63) is 0 Å². The Labute approximate surface area is 266 Å². The number of aliphatic hydroxyl groups is 6. The second kappa shape index (κ2) is 19.4. The molecule has 0 aromatic carbocycles. The Kier molecular flexibility index (Phi) is 16.8. The summed E-state index contributed by atoms with van der Waals surface area (Å²) in [7, 11) is 0. The minimum Gasteiger partial charge on any atom is -0.389 e. The van der Waals surface area contributed by atoms with Crippen LogP contribution in [0.5, 0.6) is 0 Å². The smallest absolute Gasteiger partial charge is 0.187 e. The topological polar surface area (TPSA) is 274 Å². The van der Waals surface area contributed by atoms with Gasteiger partial charge in [-0.2, -0.15) is 0 Å². The fourth-order valence-electron chi connectivity index (χ4n) is 6.40. The highest BCUT2D eigenvalue weighted by molar-refractivity contribution is 5.01. The summed E-state index contributed by atoms with van der Waals surface area (Å²) >= 11 is 0. The van der Waals surface area contributed by atoms with Crippen molar-refractivity contribution < 1.29 is 49.6 Å². The molecule has 2 saturated heterocycles. The van der Waals surface area contributed by atoms with Gasteiger partial charge < -0.3 is 77.8 Å². The van der Waals surface area contributed by atoms with Crippen LogP contribution in [0.4, 0.5) is 0 Å². The van der Waals surface area contributed by atoms with E-state index in [2.05, 4.69) is 12.2 Å². The molecule has 266 valence electrons. The molecular formula is C30H61N5O10. The van der Waals surface area contributed by atoms with E-state index in [1.807, 2.05) is 0 Å². The molecule has 0 unspecified atom stereocenters. The molecule has 0 aromatic rings. The second-order valence-corrected chi connectivity index (χ2v) is 13.0. The summed E-state index contributed by atoms with van der Waals surface area (Å²) in [5.41, 5.74) is 24.3. The third-order valence-electron chi connectivity index (χ3n) is 9.35. The third-order valence-corrected chi connectivity index (χ3v) is 9.35. The number of hydrogen-bond acceptors (Lipinski definition) is 15. The summed E-state index contributed by atoms with van der Waals surface area (Å²) in [5.74, 6) is 0. The van der Waals surface area contributed by atoms with Crippen LogP contribution in [0.25, 0.3) is 0 Å². The Balaban J connectivity index is 1.49. The Morgan fingerprint density at radius 1 is 0.622 bits per heavy atom. The molecule has 15 heteroatoms. The highest BCUT2D eigenvalue weighted by Gasteiger charge is 2.51. The maximum Gasteiger partial charge on any atom is 0.187 e. The summed E-state index contributed by atoms with van der Waals surface area (Å²) in [6.07, 6.45) is -3.15. The quantitative estimate of drug-likeness (QED) is 0.0669. The van der Waals surface area contributed by atoms with Crippen molar-refractivity contribution in [1.29, 1.82) is 0 Å². The lowest BCUT2D eigenvalue weighted by molar-refractivity contribution is -0.330. The predicted octanol–water partition coefficient (Wildman–Crippen LogP) is -2.77. The van der Waals surface area contributed by atoms with E-state index in [0.29, 0.717) is 0 Å². The van der Waals surface area contributed by atoms with E-state index in [9.17, 15) is 30.6 Å². The van der Waals surface area contributed by atoms with Gasteiger partial charge in [-0.3, -0.25) is 0 Å². The van der Waals surface area contributed by atoms with Gasteiger partial charge >= 0.3 is 0 Å². The molecule has 15 N–H and O–H groups in total. The molecule has 15 nitrogen and oxygen atoms in total. The van der Waals surface area contributed by atoms with Crippen LogP contribution in [0.2, 0.25) is 0 Å². The number of ether oxygens (including phenoxy) is 4. The van der Waals surface area contributed by atoms with Crippen LogP contribution in [0.3, 0.4) is 0 Å². The average molecular weight is 652 g/mol. The van der Waals surface area contributed by atoms with Crippen molar-refractivity contribution in [3.8, 4) is 0 Å². The highest BCUT2D eigenvalue weighted by atomic mass is 16.7. The van der Waals surface area contributed by atoms with Crippen LogP contribution >= 0.6 is 0 Å². The molecule has 0 spiro atoms. The minimum absolute atomic E-state index is 0.127. The maximum absolute atomic E-state index is 11.2. The number of hydrogen-bond donors (Lipinski definition) is 11. The fraction of sp³-hybridized carbons (Fsp3) is 1.00. The predicted molar refractivity (Wildman–Crippen MR) is 165 cm³/mol. The van der Waals surface area contributed by atoms with Crippen LogP contribution in [-0.2, 0) is 18.9 Å². The highest BCUT2D eigenvalue weighted by Crippen LogP contribution is 2.31. The van der Waals surface area contributed by atoms with Gasteiger partial charge in [0.25, 0.3) is 0 Å². The van der Waals surface area contributed by atoms with Crippen molar-refractivity contribution in [2.24, 2.45) is 22.9 Å². The van der Waals surface area contributed by atoms with Crippen LogP contribution in [0.15, 0.2) is 0 Å². The molecule has 15 atom stereocenters. The number of nitrogens with one attached hydrogen (secondary N) is 1. The lowest BCUT2D eigenvalue weighted by Crippen LogP contribution is -2.68. The van der Waals surface area contributed by atoms with Crippen molar-refractivity contribution in [3.63, 3.8) is 0 Å². The van der Waals surface area contributed by atoms with Crippen molar-refractivity contribution in [1.82, 2.24) is 5.32 Å². The van der Waals surface area contributed by atoms with E-state index in [1.165, 1.54) is 51.4 Å². The van der Waals surface area contributed by atoms with Crippen molar-refractivity contribution in [2.45, 2.75) is 169 Å². The Bertz CT molecular complexity index is 821. The largest absolute Gasteiger partial charge is 0.389 e. The molecule has 0 amide bonds. The molecule has 0 aromatic heterocycles. The van der Waals surface area contributed by atoms with Gasteiger partial charge in [0.05, 0.1) is 12.1 Å². The average Bonchev–Trinajstić information content (AvgIpc) is 3.02. The Hall–Kier alpha value is -0.600. The first kappa shape index (κ1) is 38.8. The van der Waals surface area contributed by atoms with Gasteiger partial charge in [0, 0.05) is 25.2 Å². The fourth-order valence-corrected chi connectivity index (χ4v) is 6.40. The zero-order valence-corrected chi connectivity index (χ0v) is 26.7. The van der Waals surface area contributed by atoms with Gasteiger partial charge in [-0.05, 0) is 19.4 Å². The number of nitrogens with two attached hydrogens (primary N) is 4. The lowest BCUT2D eigenvalue weighted by Gasteiger charge is -2.48. The van der Waals surface area contributed by atoms with Crippen LogP contribution < -0.4 is 28.3 Å². The molecule has 3 fully saturated rings. The van der Waals surface area contributed by atoms with Crippen LogP contribution in [0, 0.1) is 0 Å². The molecule has 2 aliphatic heterocycles. The molecule has 0 radical (unpaired) electrons. The van der Waals surface area contributed by atoms with Gasteiger partial charge in [-0.25, -0.2) is 0 Å². The molecule has 1 aliphatic carbocycles. The zero-order valence-electron chi connectivity index (χ0n) is 26.7.